The van der Waals surface area contributed by atoms with Gasteiger partial charge in [-0.05, 0) is 61.7 Å². The molecular weight excluding hydrogens is 369 g/mol. The van der Waals surface area contributed by atoms with Crippen molar-refractivity contribution < 1.29 is 9.18 Å². The fraction of sp³-hybridized carbons (Fsp3) is 0.318. The number of carbonyl (C=O) groups is 1. The van der Waals surface area contributed by atoms with Gasteiger partial charge in [0, 0.05) is 18.4 Å². The average Bonchev–Trinajstić information content (AvgIpc) is 3.25. The van der Waals surface area contributed by atoms with Gasteiger partial charge < -0.3 is 5.32 Å². The molecular formula is C22H24FN5O. The van der Waals surface area contributed by atoms with Crippen molar-refractivity contribution >= 4 is 11.6 Å². The Morgan fingerprint density at radius 3 is 2.48 bits per heavy atom. The fourth-order valence-corrected chi connectivity index (χ4v) is 3.90. The van der Waals surface area contributed by atoms with Gasteiger partial charge in [-0.3, -0.25) is 14.4 Å². The highest BCUT2D eigenvalue weighted by Crippen LogP contribution is 2.29. The first kappa shape index (κ1) is 19.3. The predicted molar refractivity (Wildman–Crippen MR) is 109 cm³/mol. The molecule has 0 unspecified atom stereocenters. The molecule has 1 atom stereocenters. The van der Waals surface area contributed by atoms with E-state index in [4.69, 9.17) is 0 Å². The van der Waals surface area contributed by atoms with Gasteiger partial charge in [0.05, 0.1) is 6.20 Å². The van der Waals surface area contributed by atoms with Gasteiger partial charge in [0.25, 0.3) is 0 Å². The van der Waals surface area contributed by atoms with Gasteiger partial charge in [-0.2, -0.15) is 0 Å². The van der Waals surface area contributed by atoms with Crippen molar-refractivity contribution in [3.63, 3.8) is 0 Å². The van der Waals surface area contributed by atoms with Crippen LogP contribution in [0.2, 0.25) is 0 Å². The minimum atomic E-state index is -0.381. The molecule has 1 aliphatic rings. The topological polar surface area (TPSA) is 63.1 Å². The first-order chi connectivity index (χ1) is 14.2. The van der Waals surface area contributed by atoms with E-state index in [-0.39, 0.29) is 17.8 Å². The molecule has 1 fully saturated rings. The molecule has 1 N–H and O–H groups in total. The van der Waals surface area contributed by atoms with Crippen LogP contribution in [0.1, 0.15) is 24.4 Å². The fourth-order valence-electron chi connectivity index (χ4n) is 3.90. The Morgan fingerprint density at radius 1 is 1.10 bits per heavy atom. The lowest BCUT2D eigenvalue weighted by molar-refractivity contribution is -0.122. The lowest BCUT2D eigenvalue weighted by Crippen LogP contribution is -2.42. The average molecular weight is 393 g/mol. The third kappa shape index (κ3) is 4.86. The number of anilines is 1. The second kappa shape index (κ2) is 8.96. The number of aromatic nitrogens is 3. The summed E-state index contributed by atoms with van der Waals surface area (Å²) in [5.74, 6) is 0.0964. The monoisotopic (exact) mass is 393 g/mol. The summed E-state index contributed by atoms with van der Waals surface area (Å²) in [7, 11) is 0. The summed E-state index contributed by atoms with van der Waals surface area (Å²) in [6, 6.07) is 15.3. The number of rotatable bonds is 6. The van der Waals surface area contributed by atoms with Crippen molar-refractivity contribution in [2.75, 3.05) is 18.4 Å². The highest BCUT2D eigenvalue weighted by Gasteiger charge is 2.31. The highest BCUT2D eigenvalue weighted by atomic mass is 19.1. The quantitative estimate of drug-likeness (QED) is 0.696. The summed E-state index contributed by atoms with van der Waals surface area (Å²) in [5.41, 5.74) is 1.56. The van der Waals surface area contributed by atoms with Crippen molar-refractivity contribution in [3.8, 4) is 0 Å². The summed E-state index contributed by atoms with van der Waals surface area (Å²) in [6.07, 6.45) is 5.57. The number of halogens is 1. The largest absolute Gasteiger partial charge is 0.324 e. The Balaban J connectivity index is 1.46. The zero-order chi connectivity index (χ0) is 20.1. The number of amides is 1. The third-order valence-electron chi connectivity index (χ3n) is 5.41. The number of hydrogen-bond acceptors (Lipinski definition) is 4. The van der Waals surface area contributed by atoms with Crippen LogP contribution in [-0.2, 0) is 11.3 Å². The maximum Gasteiger partial charge on any atom is 0.246 e. The van der Waals surface area contributed by atoms with Gasteiger partial charge in [-0.25, -0.2) is 4.39 Å². The Morgan fingerprint density at radius 2 is 1.83 bits per heavy atom. The summed E-state index contributed by atoms with van der Waals surface area (Å²) in [4.78, 5) is 15.4. The van der Waals surface area contributed by atoms with Crippen LogP contribution in [0.15, 0.2) is 67.0 Å². The van der Waals surface area contributed by atoms with Crippen molar-refractivity contribution in [2.45, 2.75) is 25.4 Å². The van der Waals surface area contributed by atoms with E-state index < -0.39 is 0 Å². The molecule has 7 heteroatoms. The Labute approximate surface area is 169 Å². The number of benzene rings is 2. The molecule has 6 nitrogen and oxygen atoms in total. The van der Waals surface area contributed by atoms with Crippen LogP contribution in [0.3, 0.4) is 0 Å². The van der Waals surface area contributed by atoms with Gasteiger partial charge >= 0.3 is 0 Å². The molecule has 1 aliphatic heterocycles. The molecule has 1 aromatic heterocycles. The number of nitrogens with zero attached hydrogens (tertiary/aromatic N) is 4. The molecule has 0 saturated carbocycles. The van der Waals surface area contributed by atoms with Gasteiger partial charge in [0.1, 0.15) is 11.9 Å². The Hall–Kier alpha value is -3.06. The second-order valence-corrected chi connectivity index (χ2v) is 7.41. The maximum absolute atomic E-state index is 13.2. The van der Waals surface area contributed by atoms with E-state index in [2.05, 4.69) is 20.5 Å². The molecule has 29 heavy (non-hydrogen) atoms. The zero-order valence-electron chi connectivity index (χ0n) is 16.1. The van der Waals surface area contributed by atoms with Gasteiger partial charge in [0.2, 0.25) is 5.91 Å². The SMILES string of the molecule is O=C(Nc1ccc(F)cc1)[C@H](c1ccccc1)N1CCC(Cn2ccnn2)CC1. The van der Waals surface area contributed by atoms with E-state index in [1.54, 1.807) is 18.3 Å². The van der Waals surface area contributed by atoms with Crippen LogP contribution >= 0.6 is 0 Å². The van der Waals surface area contributed by atoms with Crippen molar-refractivity contribution in [1.82, 2.24) is 19.9 Å². The number of piperidine rings is 1. The summed E-state index contributed by atoms with van der Waals surface area (Å²) in [6.45, 7) is 2.51. The molecule has 2 heterocycles. The Bertz CT molecular complexity index is 906. The van der Waals surface area contributed by atoms with Crippen LogP contribution in [0.25, 0.3) is 0 Å². The van der Waals surface area contributed by atoms with Crippen molar-refractivity contribution in [2.24, 2.45) is 5.92 Å². The summed E-state index contributed by atoms with van der Waals surface area (Å²) in [5, 5.41) is 10.9. The minimum absolute atomic E-state index is 0.0995. The van der Waals surface area contributed by atoms with E-state index in [0.717, 1.165) is 38.0 Å². The predicted octanol–water partition coefficient (Wildman–Crippen LogP) is 3.51. The Kier molecular flexibility index (Phi) is 5.95. The third-order valence-corrected chi connectivity index (χ3v) is 5.41. The van der Waals surface area contributed by atoms with Gasteiger partial charge in [-0.15, -0.1) is 5.10 Å². The number of carbonyl (C=O) groups excluding carboxylic acids is 1. The van der Waals surface area contributed by atoms with Crippen LogP contribution < -0.4 is 5.32 Å². The standard InChI is InChI=1S/C22H24FN5O/c23-19-6-8-20(9-7-19)25-22(29)21(18-4-2-1-3-5-18)27-13-10-17(11-14-27)16-28-15-12-24-26-28/h1-9,12,15,17,21H,10-11,13-14,16H2,(H,25,29)/t21-/m0/s1. The van der Waals surface area contributed by atoms with Crippen LogP contribution in [-0.4, -0.2) is 38.9 Å². The molecule has 0 aliphatic carbocycles. The number of nitrogens with one attached hydrogen (secondary N) is 1. The van der Waals surface area contributed by atoms with Gasteiger partial charge in [0.15, 0.2) is 0 Å². The molecule has 3 aromatic rings. The minimum Gasteiger partial charge on any atom is -0.324 e. The second-order valence-electron chi connectivity index (χ2n) is 7.41. The lowest BCUT2D eigenvalue weighted by atomic mass is 9.93. The van der Waals surface area contributed by atoms with Crippen molar-refractivity contribution in [3.05, 3.63) is 78.4 Å². The van der Waals surface area contributed by atoms with E-state index in [9.17, 15) is 9.18 Å². The normalized spacial score (nSPS) is 16.4. The molecule has 1 amide bonds. The molecule has 0 spiro atoms. The smallest absolute Gasteiger partial charge is 0.246 e. The van der Waals surface area contributed by atoms with Crippen LogP contribution in [0.4, 0.5) is 10.1 Å². The number of hydrogen-bond donors (Lipinski definition) is 1. The summed E-state index contributed by atoms with van der Waals surface area (Å²) < 4.78 is 15.1. The summed E-state index contributed by atoms with van der Waals surface area (Å²) >= 11 is 0. The van der Waals surface area contributed by atoms with E-state index >= 15 is 0 Å². The van der Waals surface area contributed by atoms with Crippen molar-refractivity contribution in [1.29, 1.82) is 0 Å². The number of likely N-dealkylation sites (tertiary alicyclic amines) is 1. The first-order valence-corrected chi connectivity index (χ1v) is 9.88. The van der Waals surface area contributed by atoms with E-state index in [1.165, 1.54) is 12.1 Å². The molecule has 1 saturated heterocycles. The maximum atomic E-state index is 13.2. The molecule has 2 aromatic carbocycles. The molecule has 0 radical (unpaired) electrons. The first-order valence-electron chi connectivity index (χ1n) is 9.88. The molecule has 0 bridgehead atoms. The molecule has 150 valence electrons. The van der Waals surface area contributed by atoms with E-state index in [1.807, 2.05) is 41.2 Å². The zero-order valence-corrected chi connectivity index (χ0v) is 16.1. The van der Waals surface area contributed by atoms with E-state index in [0.29, 0.717) is 11.6 Å². The highest BCUT2D eigenvalue weighted by molar-refractivity contribution is 5.95. The molecule has 4 rings (SSSR count). The van der Waals surface area contributed by atoms with Crippen LogP contribution in [0, 0.1) is 11.7 Å². The van der Waals surface area contributed by atoms with Crippen LogP contribution in [0.5, 0.6) is 0 Å². The lowest BCUT2D eigenvalue weighted by Gasteiger charge is -2.37. The van der Waals surface area contributed by atoms with Gasteiger partial charge in [-0.1, -0.05) is 35.5 Å².